The van der Waals surface area contributed by atoms with E-state index in [0.717, 1.165) is 45.1 Å². The van der Waals surface area contributed by atoms with Crippen LogP contribution in [0.25, 0.3) is 0 Å². The van der Waals surface area contributed by atoms with E-state index in [-0.39, 0.29) is 0 Å². The summed E-state index contributed by atoms with van der Waals surface area (Å²) in [6.07, 6.45) is 4.31. The quantitative estimate of drug-likeness (QED) is 0.498. The van der Waals surface area contributed by atoms with Crippen LogP contribution in [0.1, 0.15) is 22.6 Å². The largest absolute Gasteiger partial charge is 0.377 e. The smallest absolute Gasteiger partial charge is 0.191 e. The average molecular weight is 293 g/mol. The van der Waals surface area contributed by atoms with Gasteiger partial charge in [-0.3, -0.25) is 4.99 Å². The summed E-state index contributed by atoms with van der Waals surface area (Å²) >= 11 is 1.82. The maximum Gasteiger partial charge on any atom is 0.191 e. The third kappa shape index (κ3) is 4.98. The first-order valence-corrected chi connectivity index (χ1v) is 7.85. The van der Waals surface area contributed by atoms with Gasteiger partial charge in [0.1, 0.15) is 0 Å². The molecule has 2 heterocycles. The summed E-state index contributed by atoms with van der Waals surface area (Å²) in [6.45, 7) is 5.49. The number of aliphatic imine (C=N–C) groups is 1. The maximum atomic E-state index is 5.31. The molecule has 0 amide bonds. The van der Waals surface area contributed by atoms with Gasteiger partial charge in [-0.2, -0.15) is 0 Å². The minimum atomic E-state index is 0.764. The number of hydrogen-bond acceptors (Lipinski definition) is 3. The van der Waals surface area contributed by atoms with E-state index in [1.807, 2.05) is 18.4 Å². The lowest BCUT2D eigenvalue weighted by Crippen LogP contribution is -2.37. The van der Waals surface area contributed by atoms with Gasteiger partial charge >= 0.3 is 0 Å². The second-order valence-corrected chi connectivity index (χ2v) is 6.17. The minimum absolute atomic E-state index is 0.764. The van der Waals surface area contributed by atoms with Crippen LogP contribution in [0.3, 0.4) is 0 Å². The fourth-order valence-electron chi connectivity index (χ4n) is 2.11. The average Bonchev–Trinajstić information content (AvgIpc) is 2.89. The van der Waals surface area contributed by atoms with Crippen molar-refractivity contribution >= 4 is 17.3 Å². The van der Waals surface area contributed by atoms with Crippen molar-refractivity contribution in [3.05, 3.63) is 33.5 Å². The predicted molar refractivity (Wildman–Crippen MR) is 85.4 cm³/mol. The van der Waals surface area contributed by atoms with Crippen molar-refractivity contribution < 1.29 is 4.74 Å². The van der Waals surface area contributed by atoms with Crippen molar-refractivity contribution in [2.45, 2.75) is 26.3 Å². The first-order chi connectivity index (χ1) is 9.78. The van der Waals surface area contributed by atoms with Crippen LogP contribution >= 0.6 is 11.3 Å². The molecule has 1 aromatic heterocycles. The molecule has 0 bridgehead atoms. The number of ether oxygens (including phenoxy) is 1. The number of hydrogen-bond donors (Lipinski definition) is 2. The van der Waals surface area contributed by atoms with Gasteiger partial charge in [0, 0.05) is 23.3 Å². The fraction of sp³-hybridized carbons (Fsp3) is 0.533. The number of aryl methyl sites for hydroxylation is 1. The van der Waals surface area contributed by atoms with E-state index < -0.39 is 0 Å². The second kappa shape index (κ2) is 8.07. The summed E-state index contributed by atoms with van der Waals surface area (Å²) in [5.41, 5.74) is 1.48. The van der Waals surface area contributed by atoms with E-state index in [9.17, 15) is 0 Å². The SMILES string of the molecule is CN=C(NCCC1=CCOCC1)NCc1ccc(C)s1. The summed E-state index contributed by atoms with van der Waals surface area (Å²) in [5, 5.41) is 6.70. The number of rotatable bonds is 5. The lowest BCUT2D eigenvalue weighted by atomic mass is 10.1. The van der Waals surface area contributed by atoms with Gasteiger partial charge in [0.05, 0.1) is 19.8 Å². The molecule has 0 aliphatic carbocycles. The molecule has 0 fully saturated rings. The molecule has 0 aromatic carbocycles. The molecule has 0 atom stereocenters. The van der Waals surface area contributed by atoms with Gasteiger partial charge in [0.25, 0.3) is 0 Å². The summed E-state index contributed by atoms with van der Waals surface area (Å²) in [4.78, 5) is 6.92. The summed E-state index contributed by atoms with van der Waals surface area (Å²) in [6, 6.07) is 4.31. The van der Waals surface area contributed by atoms with Crippen molar-refractivity contribution in [2.24, 2.45) is 4.99 Å². The Morgan fingerprint density at radius 1 is 1.40 bits per heavy atom. The zero-order valence-corrected chi connectivity index (χ0v) is 13.1. The zero-order valence-electron chi connectivity index (χ0n) is 12.2. The van der Waals surface area contributed by atoms with Gasteiger partial charge in [-0.1, -0.05) is 11.6 Å². The predicted octanol–water partition coefficient (Wildman–Crippen LogP) is 2.46. The van der Waals surface area contributed by atoms with Crippen LogP contribution in [0.4, 0.5) is 0 Å². The number of nitrogens with zero attached hydrogens (tertiary/aromatic N) is 1. The molecule has 1 aromatic rings. The molecule has 0 saturated carbocycles. The van der Waals surface area contributed by atoms with Crippen LogP contribution in [-0.4, -0.2) is 32.8 Å². The third-order valence-electron chi connectivity index (χ3n) is 3.25. The van der Waals surface area contributed by atoms with Crippen LogP contribution in [0, 0.1) is 6.92 Å². The van der Waals surface area contributed by atoms with Crippen molar-refractivity contribution in [3.8, 4) is 0 Å². The van der Waals surface area contributed by atoms with E-state index in [0.29, 0.717) is 0 Å². The van der Waals surface area contributed by atoms with Crippen LogP contribution in [0.15, 0.2) is 28.8 Å². The zero-order chi connectivity index (χ0) is 14.2. The molecule has 2 N–H and O–H groups in total. The lowest BCUT2D eigenvalue weighted by Gasteiger charge is -2.15. The summed E-state index contributed by atoms with van der Waals surface area (Å²) in [5.74, 6) is 0.865. The van der Waals surface area contributed by atoms with Gasteiger partial charge in [-0.15, -0.1) is 11.3 Å². The topological polar surface area (TPSA) is 45.7 Å². The molecule has 4 nitrogen and oxygen atoms in total. The Labute approximate surface area is 124 Å². The Kier molecular flexibility index (Phi) is 6.08. The monoisotopic (exact) mass is 293 g/mol. The van der Waals surface area contributed by atoms with E-state index in [2.05, 4.69) is 40.8 Å². The first-order valence-electron chi connectivity index (χ1n) is 7.03. The molecule has 110 valence electrons. The normalized spacial score (nSPS) is 15.9. The molecular weight excluding hydrogens is 270 g/mol. The summed E-state index contributed by atoms with van der Waals surface area (Å²) < 4.78 is 5.31. The molecule has 2 rings (SSSR count). The molecule has 0 spiro atoms. The van der Waals surface area contributed by atoms with Gasteiger partial charge in [-0.05, 0) is 31.9 Å². The van der Waals surface area contributed by atoms with Crippen molar-refractivity contribution in [1.82, 2.24) is 10.6 Å². The molecule has 5 heteroatoms. The van der Waals surface area contributed by atoms with E-state index in [4.69, 9.17) is 4.74 Å². The Balaban J connectivity index is 1.68. The fourth-order valence-corrected chi connectivity index (χ4v) is 2.94. The highest BCUT2D eigenvalue weighted by atomic mass is 32.1. The molecule has 1 aliphatic rings. The number of guanidine groups is 1. The van der Waals surface area contributed by atoms with Gasteiger partial charge < -0.3 is 15.4 Å². The Morgan fingerprint density at radius 3 is 2.95 bits per heavy atom. The highest BCUT2D eigenvalue weighted by Gasteiger charge is 2.04. The lowest BCUT2D eigenvalue weighted by molar-refractivity contribution is 0.153. The van der Waals surface area contributed by atoms with Crippen LogP contribution < -0.4 is 10.6 Å². The third-order valence-corrected chi connectivity index (χ3v) is 4.25. The van der Waals surface area contributed by atoms with Gasteiger partial charge in [0.2, 0.25) is 0 Å². The number of nitrogens with one attached hydrogen (secondary N) is 2. The van der Waals surface area contributed by atoms with Crippen LogP contribution in [0.2, 0.25) is 0 Å². The first kappa shape index (κ1) is 15.1. The Bertz CT molecular complexity index is 479. The van der Waals surface area contributed by atoms with Crippen molar-refractivity contribution in [1.29, 1.82) is 0 Å². The van der Waals surface area contributed by atoms with E-state index >= 15 is 0 Å². The van der Waals surface area contributed by atoms with E-state index in [1.165, 1.54) is 15.3 Å². The Morgan fingerprint density at radius 2 is 2.30 bits per heavy atom. The molecule has 20 heavy (non-hydrogen) atoms. The highest BCUT2D eigenvalue weighted by Crippen LogP contribution is 2.14. The molecule has 0 radical (unpaired) electrons. The summed E-state index contributed by atoms with van der Waals surface area (Å²) in [7, 11) is 1.81. The molecular formula is C15H23N3OS. The van der Waals surface area contributed by atoms with Gasteiger partial charge in [-0.25, -0.2) is 0 Å². The Hall–Kier alpha value is -1.33. The van der Waals surface area contributed by atoms with Crippen LogP contribution in [-0.2, 0) is 11.3 Å². The minimum Gasteiger partial charge on any atom is -0.377 e. The molecule has 0 unspecified atom stereocenters. The van der Waals surface area contributed by atoms with Crippen LogP contribution in [0.5, 0.6) is 0 Å². The molecule has 0 saturated heterocycles. The van der Waals surface area contributed by atoms with Crippen molar-refractivity contribution in [2.75, 3.05) is 26.8 Å². The highest BCUT2D eigenvalue weighted by molar-refractivity contribution is 7.11. The second-order valence-electron chi connectivity index (χ2n) is 4.80. The van der Waals surface area contributed by atoms with Gasteiger partial charge in [0.15, 0.2) is 5.96 Å². The van der Waals surface area contributed by atoms with E-state index in [1.54, 1.807) is 0 Å². The van der Waals surface area contributed by atoms with Crippen molar-refractivity contribution in [3.63, 3.8) is 0 Å². The molecule has 1 aliphatic heterocycles. The standard InChI is InChI=1S/C15H23N3OS/c1-12-3-4-14(20-12)11-18-15(16-2)17-8-5-13-6-9-19-10-7-13/h3-4,6H,5,7-11H2,1-2H3,(H2,16,17,18). The number of thiophene rings is 1. The maximum absolute atomic E-state index is 5.31.